The van der Waals surface area contributed by atoms with Gasteiger partial charge in [-0.2, -0.15) is 9.41 Å². The molecule has 2 amide bonds. The van der Waals surface area contributed by atoms with Crippen molar-refractivity contribution in [2.75, 3.05) is 32.8 Å². The van der Waals surface area contributed by atoms with Crippen molar-refractivity contribution >= 4 is 39.4 Å². The molecule has 0 saturated carbocycles. The number of benzene rings is 1. The minimum absolute atomic E-state index is 0.108. The summed E-state index contributed by atoms with van der Waals surface area (Å²) >= 11 is 1.51. The van der Waals surface area contributed by atoms with E-state index in [4.69, 9.17) is 4.74 Å². The van der Waals surface area contributed by atoms with Gasteiger partial charge in [-0.05, 0) is 48.2 Å². The Morgan fingerprint density at radius 3 is 2.53 bits per heavy atom. The number of rotatable bonds is 7. The maximum absolute atomic E-state index is 12.6. The zero-order chi connectivity index (χ0) is 21.6. The van der Waals surface area contributed by atoms with Crippen molar-refractivity contribution in [2.24, 2.45) is 5.10 Å². The topological polar surface area (TPSA) is 117 Å². The molecule has 1 aromatic carbocycles. The van der Waals surface area contributed by atoms with Gasteiger partial charge < -0.3 is 10.1 Å². The fourth-order valence-corrected chi connectivity index (χ4v) is 4.89. The quantitative estimate of drug-likeness (QED) is 0.481. The summed E-state index contributed by atoms with van der Waals surface area (Å²) in [6, 6.07) is 7.54. The van der Waals surface area contributed by atoms with E-state index in [9.17, 15) is 18.0 Å². The number of carbonyl (C=O) groups is 2. The summed E-state index contributed by atoms with van der Waals surface area (Å²) < 4.78 is 31.7. The second-order valence-corrected chi connectivity index (χ2v) is 9.37. The van der Waals surface area contributed by atoms with Crippen LogP contribution in [-0.2, 0) is 19.6 Å². The number of carbonyl (C=O) groups excluding carboxylic acids is 2. The highest BCUT2D eigenvalue weighted by Gasteiger charge is 2.26. The maximum Gasteiger partial charge on any atom is 0.259 e. The first-order valence-corrected chi connectivity index (χ1v) is 11.5. The zero-order valence-electron chi connectivity index (χ0n) is 16.3. The van der Waals surface area contributed by atoms with Gasteiger partial charge in [-0.15, -0.1) is 11.3 Å². The van der Waals surface area contributed by atoms with E-state index in [0.717, 1.165) is 10.4 Å². The number of morpholine rings is 1. The lowest BCUT2D eigenvalue weighted by molar-refractivity contribution is -0.120. The van der Waals surface area contributed by atoms with E-state index in [-0.39, 0.29) is 17.0 Å². The molecule has 11 heteroatoms. The number of nitrogens with zero attached hydrogens (tertiary/aromatic N) is 2. The maximum atomic E-state index is 12.6. The van der Waals surface area contributed by atoms with E-state index in [1.807, 2.05) is 18.4 Å². The number of hydrazone groups is 1. The number of thiophene rings is 1. The molecule has 0 radical (unpaired) electrons. The second kappa shape index (κ2) is 9.94. The van der Waals surface area contributed by atoms with E-state index >= 15 is 0 Å². The van der Waals surface area contributed by atoms with Crippen LogP contribution in [0.2, 0.25) is 0 Å². The van der Waals surface area contributed by atoms with E-state index in [0.29, 0.717) is 26.3 Å². The van der Waals surface area contributed by atoms with Crippen LogP contribution in [-0.4, -0.2) is 63.6 Å². The molecule has 0 spiro atoms. The average molecular weight is 451 g/mol. The molecule has 2 aromatic rings. The van der Waals surface area contributed by atoms with Gasteiger partial charge in [0, 0.05) is 23.5 Å². The predicted molar refractivity (Wildman–Crippen MR) is 113 cm³/mol. The lowest BCUT2D eigenvalue weighted by Gasteiger charge is -2.26. The number of hydrogen-bond acceptors (Lipinski definition) is 7. The van der Waals surface area contributed by atoms with Crippen molar-refractivity contribution in [3.05, 3.63) is 51.7 Å². The number of sulfonamides is 1. The van der Waals surface area contributed by atoms with Crippen LogP contribution in [0.15, 0.2) is 45.7 Å². The summed E-state index contributed by atoms with van der Waals surface area (Å²) in [7, 11) is -3.62. The van der Waals surface area contributed by atoms with Gasteiger partial charge in [-0.3, -0.25) is 9.59 Å². The van der Waals surface area contributed by atoms with Crippen molar-refractivity contribution < 1.29 is 22.7 Å². The molecule has 1 saturated heterocycles. The molecule has 1 aliphatic rings. The van der Waals surface area contributed by atoms with Gasteiger partial charge in [0.25, 0.3) is 11.8 Å². The Labute approximate surface area is 178 Å². The van der Waals surface area contributed by atoms with E-state index in [2.05, 4.69) is 15.8 Å². The molecule has 0 unspecified atom stereocenters. The SMILES string of the molecule is Cc1ccsc1C=NNC(=O)CNC(=O)c1ccc(S(=O)(=O)N2CCOCC2)cc1. The Hall–Kier alpha value is -2.60. The van der Waals surface area contributed by atoms with Crippen molar-refractivity contribution in [1.82, 2.24) is 15.0 Å². The third kappa shape index (κ3) is 5.51. The van der Waals surface area contributed by atoms with Crippen LogP contribution < -0.4 is 10.7 Å². The van der Waals surface area contributed by atoms with Crippen molar-refractivity contribution in [2.45, 2.75) is 11.8 Å². The minimum Gasteiger partial charge on any atom is -0.379 e. The molecule has 0 bridgehead atoms. The monoisotopic (exact) mass is 450 g/mol. The first-order valence-electron chi connectivity index (χ1n) is 9.20. The highest BCUT2D eigenvalue weighted by molar-refractivity contribution is 7.89. The fraction of sp³-hybridized carbons (Fsp3) is 0.316. The minimum atomic E-state index is -3.62. The summed E-state index contributed by atoms with van der Waals surface area (Å²) in [6.07, 6.45) is 1.55. The average Bonchev–Trinajstić information content (AvgIpc) is 3.17. The number of hydrogen-bond donors (Lipinski definition) is 2. The van der Waals surface area contributed by atoms with Crippen LogP contribution in [0.4, 0.5) is 0 Å². The largest absolute Gasteiger partial charge is 0.379 e. The van der Waals surface area contributed by atoms with Crippen LogP contribution in [0.5, 0.6) is 0 Å². The molecule has 2 heterocycles. The number of nitrogens with one attached hydrogen (secondary N) is 2. The third-order valence-corrected chi connectivity index (χ3v) is 7.27. The van der Waals surface area contributed by atoms with Crippen LogP contribution >= 0.6 is 11.3 Å². The Kier molecular flexibility index (Phi) is 7.32. The summed E-state index contributed by atoms with van der Waals surface area (Å²) in [6.45, 7) is 3.00. The first kappa shape index (κ1) is 22.1. The lowest BCUT2D eigenvalue weighted by atomic mass is 10.2. The van der Waals surface area contributed by atoms with Gasteiger partial charge in [0.05, 0.1) is 30.9 Å². The molecule has 160 valence electrons. The van der Waals surface area contributed by atoms with E-state index < -0.39 is 21.8 Å². The number of ether oxygens (including phenoxy) is 1. The van der Waals surface area contributed by atoms with Gasteiger partial charge in [0.2, 0.25) is 10.0 Å². The third-order valence-electron chi connectivity index (χ3n) is 4.41. The summed E-state index contributed by atoms with van der Waals surface area (Å²) in [5.74, 6) is -0.959. The first-order chi connectivity index (χ1) is 14.4. The molecule has 0 aliphatic carbocycles. The molecule has 30 heavy (non-hydrogen) atoms. The smallest absolute Gasteiger partial charge is 0.259 e. The van der Waals surface area contributed by atoms with Gasteiger partial charge in [0.15, 0.2) is 0 Å². The van der Waals surface area contributed by atoms with Crippen molar-refractivity contribution in [1.29, 1.82) is 0 Å². The fourth-order valence-electron chi connectivity index (χ4n) is 2.70. The van der Waals surface area contributed by atoms with Gasteiger partial charge in [0.1, 0.15) is 0 Å². The molecule has 0 atom stereocenters. The number of amides is 2. The van der Waals surface area contributed by atoms with E-state index in [1.54, 1.807) is 6.21 Å². The Morgan fingerprint density at radius 2 is 1.90 bits per heavy atom. The van der Waals surface area contributed by atoms with Crippen molar-refractivity contribution in [3.8, 4) is 0 Å². The predicted octanol–water partition coefficient (Wildman–Crippen LogP) is 0.958. The van der Waals surface area contributed by atoms with Crippen LogP contribution in [0.3, 0.4) is 0 Å². The van der Waals surface area contributed by atoms with Crippen LogP contribution in [0, 0.1) is 6.92 Å². The van der Waals surface area contributed by atoms with Crippen LogP contribution in [0.25, 0.3) is 0 Å². The molecular weight excluding hydrogens is 428 g/mol. The second-order valence-electron chi connectivity index (χ2n) is 6.48. The summed E-state index contributed by atoms with van der Waals surface area (Å²) in [5.41, 5.74) is 3.66. The lowest BCUT2D eigenvalue weighted by Crippen LogP contribution is -2.40. The van der Waals surface area contributed by atoms with E-state index in [1.165, 1.54) is 39.9 Å². The molecule has 9 nitrogen and oxygen atoms in total. The van der Waals surface area contributed by atoms with Gasteiger partial charge in [-0.1, -0.05) is 0 Å². The molecule has 1 fully saturated rings. The Bertz CT molecular complexity index is 1030. The Balaban J connectivity index is 1.51. The molecular formula is C19H22N4O5S2. The summed E-state index contributed by atoms with van der Waals surface area (Å²) in [4.78, 5) is 25.1. The zero-order valence-corrected chi connectivity index (χ0v) is 18.0. The molecule has 1 aromatic heterocycles. The van der Waals surface area contributed by atoms with Crippen molar-refractivity contribution in [3.63, 3.8) is 0 Å². The molecule has 3 rings (SSSR count). The highest BCUT2D eigenvalue weighted by Crippen LogP contribution is 2.17. The highest BCUT2D eigenvalue weighted by atomic mass is 32.2. The molecule has 1 aliphatic heterocycles. The molecule has 2 N–H and O–H groups in total. The Morgan fingerprint density at radius 1 is 1.20 bits per heavy atom. The van der Waals surface area contributed by atoms with Crippen LogP contribution in [0.1, 0.15) is 20.8 Å². The standard InChI is InChI=1S/C19H22N4O5S2/c1-14-6-11-29-17(14)12-21-22-18(24)13-20-19(25)15-2-4-16(5-3-15)30(26,27)23-7-9-28-10-8-23/h2-6,11-12H,7-10,13H2,1H3,(H,20,25)(H,22,24). The van der Waals surface area contributed by atoms with Gasteiger partial charge in [-0.25, -0.2) is 13.8 Å². The van der Waals surface area contributed by atoms with Gasteiger partial charge >= 0.3 is 0 Å². The number of aryl methyl sites for hydroxylation is 1. The summed E-state index contributed by atoms with van der Waals surface area (Å²) in [5, 5.41) is 8.27. The normalized spacial score (nSPS) is 15.2.